The molecule has 4 heteroatoms. The largest absolute Gasteiger partial charge is 0.372 e. The van der Waals surface area contributed by atoms with Crippen LogP contribution in [0.1, 0.15) is 38.3 Å². The van der Waals surface area contributed by atoms with Crippen LogP contribution in [-0.2, 0) is 6.54 Å². The Balaban J connectivity index is 1.80. The molecule has 1 saturated heterocycles. The van der Waals surface area contributed by atoms with Gasteiger partial charge >= 0.3 is 0 Å². The van der Waals surface area contributed by atoms with E-state index in [1.165, 1.54) is 38.8 Å². The molecule has 1 aliphatic rings. The highest BCUT2D eigenvalue weighted by molar-refractivity contribution is 5.29. The standard InChI is InChI=1S/C14H24N4/c1-3-4-12-5-7-18(8-6-12)11-13-9-17-14(15-2)10-16-13/h9-10,12H,3-8,11H2,1-2H3,(H,15,17). The first-order chi connectivity index (χ1) is 8.81. The zero-order valence-corrected chi connectivity index (χ0v) is 11.5. The van der Waals surface area contributed by atoms with Crippen molar-refractivity contribution < 1.29 is 0 Å². The molecule has 0 radical (unpaired) electrons. The maximum atomic E-state index is 4.43. The zero-order valence-electron chi connectivity index (χ0n) is 11.5. The summed E-state index contributed by atoms with van der Waals surface area (Å²) in [6.45, 7) is 5.64. The minimum absolute atomic E-state index is 0.834. The van der Waals surface area contributed by atoms with E-state index in [1.807, 2.05) is 13.2 Å². The Bertz CT molecular complexity index is 341. The summed E-state index contributed by atoms with van der Waals surface area (Å²) in [6.07, 6.45) is 9.08. The molecule has 0 aliphatic carbocycles. The Kier molecular flexibility index (Phi) is 4.93. The lowest BCUT2D eigenvalue weighted by atomic mass is 9.92. The Labute approximate surface area is 110 Å². The van der Waals surface area contributed by atoms with Gasteiger partial charge in [-0.25, -0.2) is 4.98 Å². The molecule has 0 saturated carbocycles. The summed E-state index contributed by atoms with van der Waals surface area (Å²) in [5.41, 5.74) is 1.07. The second-order valence-electron chi connectivity index (χ2n) is 5.15. The fourth-order valence-corrected chi connectivity index (χ4v) is 2.64. The van der Waals surface area contributed by atoms with Gasteiger partial charge in [0.15, 0.2) is 0 Å². The van der Waals surface area contributed by atoms with Crippen LogP contribution in [0.25, 0.3) is 0 Å². The second-order valence-corrected chi connectivity index (χ2v) is 5.15. The Hall–Kier alpha value is -1.16. The summed E-state index contributed by atoms with van der Waals surface area (Å²) in [6, 6.07) is 0. The van der Waals surface area contributed by atoms with E-state index in [4.69, 9.17) is 0 Å². The van der Waals surface area contributed by atoms with Crippen molar-refractivity contribution >= 4 is 5.82 Å². The van der Waals surface area contributed by atoms with Crippen LogP contribution in [0.5, 0.6) is 0 Å². The van der Waals surface area contributed by atoms with Crippen molar-refractivity contribution in [2.45, 2.75) is 39.2 Å². The third-order valence-electron chi connectivity index (χ3n) is 3.75. The molecule has 2 heterocycles. The third kappa shape index (κ3) is 3.67. The van der Waals surface area contributed by atoms with E-state index >= 15 is 0 Å². The van der Waals surface area contributed by atoms with Crippen LogP contribution in [0.4, 0.5) is 5.82 Å². The van der Waals surface area contributed by atoms with Crippen molar-refractivity contribution in [2.24, 2.45) is 5.92 Å². The first-order valence-corrected chi connectivity index (χ1v) is 7.03. The van der Waals surface area contributed by atoms with E-state index in [0.29, 0.717) is 0 Å². The number of nitrogens with zero attached hydrogens (tertiary/aromatic N) is 3. The summed E-state index contributed by atoms with van der Waals surface area (Å²) in [4.78, 5) is 11.2. The average Bonchev–Trinajstić information content (AvgIpc) is 2.42. The minimum Gasteiger partial charge on any atom is -0.372 e. The van der Waals surface area contributed by atoms with Gasteiger partial charge in [0.05, 0.1) is 18.1 Å². The molecule has 1 fully saturated rings. The molecule has 0 aromatic carbocycles. The van der Waals surface area contributed by atoms with Crippen LogP contribution in [0.3, 0.4) is 0 Å². The van der Waals surface area contributed by atoms with Gasteiger partial charge in [0.25, 0.3) is 0 Å². The van der Waals surface area contributed by atoms with Gasteiger partial charge in [0.2, 0.25) is 0 Å². The van der Waals surface area contributed by atoms with Crippen molar-refractivity contribution in [3.8, 4) is 0 Å². The molecule has 0 amide bonds. The zero-order chi connectivity index (χ0) is 12.8. The van der Waals surface area contributed by atoms with Crippen LogP contribution in [0.15, 0.2) is 12.4 Å². The SMILES string of the molecule is CCCC1CCN(Cc2cnc(NC)cn2)CC1. The average molecular weight is 248 g/mol. The lowest BCUT2D eigenvalue weighted by Gasteiger charge is -2.31. The van der Waals surface area contributed by atoms with E-state index in [2.05, 4.69) is 27.1 Å². The van der Waals surface area contributed by atoms with Gasteiger partial charge in [-0.2, -0.15) is 0 Å². The van der Waals surface area contributed by atoms with Crippen molar-refractivity contribution in [3.05, 3.63) is 18.1 Å². The van der Waals surface area contributed by atoms with Crippen LogP contribution >= 0.6 is 0 Å². The van der Waals surface area contributed by atoms with Crippen LogP contribution in [-0.4, -0.2) is 35.0 Å². The molecular weight excluding hydrogens is 224 g/mol. The minimum atomic E-state index is 0.834. The maximum absolute atomic E-state index is 4.43. The molecule has 1 N–H and O–H groups in total. The third-order valence-corrected chi connectivity index (χ3v) is 3.75. The number of aromatic nitrogens is 2. The fourth-order valence-electron chi connectivity index (χ4n) is 2.64. The molecule has 1 aromatic rings. The summed E-state index contributed by atoms with van der Waals surface area (Å²) >= 11 is 0. The van der Waals surface area contributed by atoms with E-state index < -0.39 is 0 Å². The number of rotatable bonds is 5. The molecule has 0 spiro atoms. The van der Waals surface area contributed by atoms with Gasteiger partial charge in [0, 0.05) is 13.6 Å². The lowest BCUT2D eigenvalue weighted by molar-refractivity contribution is 0.170. The highest BCUT2D eigenvalue weighted by Crippen LogP contribution is 2.22. The number of hydrogen-bond donors (Lipinski definition) is 1. The molecule has 2 rings (SSSR count). The normalized spacial score (nSPS) is 17.9. The van der Waals surface area contributed by atoms with Gasteiger partial charge in [-0.1, -0.05) is 19.8 Å². The molecule has 100 valence electrons. The molecular formula is C14H24N4. The first kappa shape index (κ1) is 13.3. The summed E-state index contributed by atoms with van der Waals surface area (Å²) in [5, 5.41) is 2.99. The summed E-state index contributed by atoms with van der Waals surface area (Å²) in [7, 11) is 1.86. The van der Waals surface area contributed by atoms with Crippen LogP contribution < -0.4 is 5.32 Å². The molecule has 0 bridgehead atoms. The van der Waals surface area contributed by atoms with E-state index in [-0.39, 0.29) is 0 Å². The van der Waals surface area contributed by atoms with Gasteiger partial charge in [-0.15, -0.1) is 0 Å². The van der Waals surface area contributed by atoms with E-state index in [9.17, 15) is 0 Å². The highest BCUT2D eigenvalue weighted by atomic mass is 15.1. The van der Waals surface area contributed by atoms with Crippen molar-refractivity contribution in [1.29, 1.82) is 0 Å². The van der Waals surface area contributed by atoms with Crippen LogP contribution in [0, 0.1) is 5.92 Å². The Morgan fingerprint density at radius 2 is 2.06 bits per heavy atom. The number of hydrogen-bond acceptors (Lipinski definition) is 4. The predicted octanol–water partition coefficient (Wildman–Crippen LogP) is 2.53. The predicted molar refractivity (Wildman–Crippen MR) is 74.5 cm³/mol. The number of piperidine rings is 1. The monoisotopic (exact) mass is 248 g/mol. The van der Waals surface area contributed by atoms with Crippen molar-refractivity contribution in [2.75, 3.05) is 25.5 Å². The van der Waals surface area contributed by atoms with Gasteiger partial charge in [-0.3, -0.25) is 9.88 Å². The Morgan fingerprint density at radius 1 is 1.28 bits per heavy atom. The highest BCUT2D eigenvalue weighted by Gasteiger charge is 2.18. The van der Waals surface area contributed by atoms with Gasteiger partial charge in [0.1, 0.15) is 5.82 Å². The van der Waals surface area contributed by atoms with Crippen LogP contribution in [0.2, 0.25) is 0 Å². The van der Waals surface area contributed by atoms with Gasteiger partial charge < -0.3 is 5.32 Å². The summed E-state index contributed by atoms with van der Waals surface area (Å²) in [5.74, 6) is 1.78. The molecule has 1 aromatic heterocycles. The molecule has 0 atom stereocenters. The van der Waals surface area contributed by atoms with Gasteiger partial charge in [-0.05, 0) is 31.8 Å². The lowest BCUT2D eigenvalue weighted by Crippen LogP contribution is -2.33. The van der Waals surface area contributed by atoms with Crippen molar-refractivity contribution in [3.63, 3.8) is 0 Å². The maximum Gasteiger partial charge on any atom is 0.144 e. The molecule has 18 heavy (non-hydrogen) atoms. The number of likely N-dealkylation sites (tertiary alicyclic amines) is 1. The molecule has 0 unspecified atom stereocenters. The molecule has 1 aliphatic heterocycles. The van der Waals surface area contributed by atoms with Crippen molar-refractivity contribution in [1.82, 2.24) is 14.9 Å². The second kappa shape index (κ2) is 6.69. The Morgan fingerprint density at radius 3 is 2.61 bits per heavy atom. The fraction of sp³-hybridized carbons (Fsp3) is 0.714. The topological polar surface area (TPSA) is 41.1 Å². The van der Waals surface area contributed by atoms with E-state index in [1.54, 1.807) is 6.20 Å². The quantitative estimate of drug-likeness (QED) is 0.869. The number of anilines is 1. The summed E-state index contributed by atoms with van der Waals surface area (Å²) < 4.78 is 0. The smallest absolute Gasteiger partial charge is 0.144 e. The van der Waals surface area contributed by atoms with E-state index in [0.717, 1.165) is 24.0 Å². The molecule has 4 nitrogen and oxygen atoms in total. The first-order valence-electron chi connectivity index (χ1n) is 7.03. The number of nitrogens with one attached hydrogen (secondary N) is 1.